The van der Waals surface area contributed by atoms with E-state index in [4.69, 9.17) is 22.1 Å². The molecule has 25 heavy (non-hydrogen) atoms. The minimum Gasteiger partial charge on any atom is -1.00 e. The van der Waals surface area contributed by atoms with Crippen molar-refractivity contribution in [3.05, 3.63) is 0 Å². The molecule has 3 N–H and O–H groups in total. The molecule has 0 aromatic rings. The van der Waals surface area contributed by atoms with Gasteiger partial charge in [-0.1, -0.05) is 77.6 Å². The van der Waals surface area contributed by atoms with Crippen LogP contribution in [0.15, 0.2) is 0 Å². The molecule has 0 saturated heterocycles. The van der Waals surface area contributed by atoms with Gasteiger partial charge in [-0.25, -0.2) is 4.18 Å². The third-order valence-electron chi connectivity index (χ3n) is 3.23. The molecule has 0 unspecified atom stereocenters. The maximum absolute atomic E-state index is 10.3. The van der Waals surface area contributed by atoms with E-state index in [1.165, 1.54) is 57.8 Å². The van der Waals surface area contributed by atoms with E-state index < -0.39 is 20.8 Å². The fraction of sp³-hybridized carbons (Fsp3) is 1.00. The average molecular weight is 417 g/mol. The van der Waals surface area contributed by atoms with Crippen LogP contribution >= 0.6 is 0 Å². The summed E-state index contributed by atoms with van der Waals surface area (Å²) in [5, 5.41) is 0. The second kappa shape index (κ2) is 19.5. The van der Waals surface area contributed by atoms with Gasteiger partial charge in [-0.3, -0.25) is 13.7 Å². The van der Waals surface area contributed by atoms with Gasteiger partial charge in [0.1, 0.15) is 0 Å². The Hall–Kier alpha value is 0.740. The van der Waals surface area contributed by atoms with Crippen molar-refractivity contribution < 1.29 is 65.7 Å². The van der Waals surface area contributed by atoms with Gasteiger partial charge in [0.25, 0.3) is 0 Å². The largest absolute Gasteiger partial charge is 1.00 e. The number of rotatable bonds is 14. The molecule has 0 atom stereocenters. The minimum absolute atomic E-state index is 0. The monoisotopic (exact) mass is 416 g/mol. The van der Waals surface area contributed by atoms with E-state index in [1.54, 1.807) is 0 Å². The summed E-state index contributed by atoms with van der Waals surface area (Å²) in [4.78, 5) is 0. The van der Waals surface area contributed by atoms with Gasteiger partial charge in [0.15, 0.2) is 0 Å². The van der Waals surface area contributed by atoms with Crippen LogP contribution in [0.5, 0.6) is 0 Å². The van der Waals surface area contributed by atoms with Gasteiger partial charge in [-0.05, 0) is 6.42 Å². The average Bonchev–Trinajstić information content (AvgIpc) is 2.41. The van der Waals surface area contributed by atoms with Gasteiger partial charge in [-0.2, -0.15) is 16.8 Å². The van der Waals surface area contributed by atoms with Crippen LogP contribution in [-0.4, -0.2) is 37.1 Å². The van der Waals surface area contributed by atoms with Gasteiger partial charge < -0.3 is 1.43 Å². The summed E-state index contributed by atoms with van der Waals surface area (Å²) in [5.74, 6) is 0. The van der Waals surface area contributed by atoms with Crippen molar-refractivity contribution in [2.24, 2.45) is 0 Å². The molecule has 11 heteroatoms. The summed E-state index contributed by atoms with van der Waals surface area (Å²) >= 11 is 0. The first-order valence-corrected chi connectivity index (χ1v) is 11.1. The van der Waals surface area contributed by atoms with Crippen LogP contribution in [0.4, 0.5) is 0 Å². The van der Waals surface area contributed by atoms with Gasteiger partial charge in [0, 0.05) is 0 Å². The van der Waals surface area contributed by atoms with Crippen LogP contribution in [0, 0.1) is 0 Å². The van der Waals surface area contributed by atoms with E-state index in [-0.39, 0.29) is 37.6 Å². The minimum atomic E-state index is -4.67. The third kappa shape index (κ3) is 45.7. The van der Waals surface area contributed by atoms with Gasteiger partial charge in [0.2, 0.25) is 0 Å². The fourth-order valence-electron chi connectivity index (χ4n) is 2.11. The molecule has 0 aliphatic heterocycles. The molecular formula is C14H33NaO8S2. The zero-order chi connectivity index (χ0) is 18.9. The van der Waals surface area contributed by atoms with Crippen molar-refractivity contribution in [3.63, 3.8) is 0 Å². The molecule has 0 aromatic heterocycles. The standard InChI is InChI=1S/C14H30O4S.Na.H2O4S.H/c1-2-3-4-5-6-7-8-9-10-11-12-13-14-18-19(15,16)17;;1-5(2,3)4;/h2-14H2,1H3,(H,15,16,17);;(H2,1,2,3,4);/q;+1;;-1. The van der Waals surface area contributed by atoms with Crippen molar-refractivity contribution in [1.29, 1.82) is 0 Å². The van der Waals surface area contributed by atoms with Gasteiger partial charge in [-0.15, -0.1) is 0 Å². The molecule has 0 aromatic carbocycles. The first kappa shape index (κ1) is 30.5. The molecule has 0 fully saturated rings. The second-order valence-electron chi connectivity index (χ2n) is 5.59. The summed E-state index contributed by atoms with van der Waals surface area (Å²) < 4.78 is 64.7. The van der Waals surface area contributed by atoms with E-state index >= 15 is 0 Å². The molecule has 0 heterocycles. The predicted molar refractivity (Wildman–Crippen MR) is 93.9 cm³/mol. The number of hydrogen-bond acceptors (Lipinski definition) is 5. The predicted octanol–water partition coefficient (Wildman–Crippen LogP) is 0.971. The summed E-state index contributed by atoms with van der Waals surface area (Å²) in [6.07, 6.45) is 14.7. The van der Waals surface area contributed by atoms with E-state index in [1.807, 2.05) is 0 Å². The Morgan fingerprint density at radius 2 is 0.960 bits per heavy atom. The Labute approximate surface area is 176 Å². The van der Waals surface area contributed by atoms with Crippen molar-refractivity contribution in [2.45, 2.75) is 84.0 Å². The van der Waals surface area contributed by atoms with E-state index in [2.05, 4.69) is 11.1 Å². The molecule has 8 nitrogen and oxygen atoms in total. The molecule has 0 rings (SSSR count). The second-order valence-corrected chi connectivity index (χ2v) is 7.57. The number of unbranched alkanes of at least 4 members (excludes halogenated alkanes) is 11. The third-order valence-corrected chi connectivity index (χ3v) is 3.69. The maximum atomic E-state index is 10.3. The van der Waals surface area contributed by atoms with Gasteiger partial charge in [0.05, 0.1) is 6.61 Å². The normalized spacial score (nSPS) is 11.4. The summed E-state index contributed by atoms with van der Waals surface area (Å²) in [5.41, 5.74) is 0. The Bertz CT molecular complexity index is 463. The van der Waals surface area contributed by atoms with Crippen LogP contribution in [-0.2, 0) is 25.0 Å². The maximum Gasteiger partial charge on any atom is 1.00 e. The Balaban J connectivity index is -0.000000304. The zero-order valence-electron chi connectivity index (χ0n) is 16.4. The van der Waals surface area contributed by atoms with Crippen molar-refractivity contribution in [3.8, 4) is 0 Å². The molecule has 0 bridgehead atoms. The molecule has 0 amide bonds. The zero-order valence-corrected chi connectivity index (χ0v) is 19.0. The Kier molecular flexibility index (Phi) is 23.8. The quantitative estimate of drug-likeness (QED) is 0.216. The van der Waals surface area contributed by atoms with Crippen LogP contribution in [0.1, 0.15) is 85.4 Å². The topological polar surface area (TPSA) is 138 Å². The van der Waals surface area contributed by atoms with E-state index in [0.29, 0.717) is 6.42 Å². The SMILES string of the molecule is CCCCCCCCCCCCCCOS(=O)(=O)O.O=S(=O)(O)O.[H-].[Na+]. The molecule has 150 valence electrons. The molecule has 0 aliphatic rings. The summed E-state index contributed by atoms with van der Waals surface area (Å²) in [6, 6.07) is 0. The molecule has 0 aliphatic carbocycles. The first-order valence-electron chi connectivity index (χ1n) is 8.38. The Morgan fingerprint density at radius 3 is 1.24 bits per heavy atom. The van der Waals surface area contributed by atoms with Crippen LogP contribution in [0.3, 0.4) is 0 Å². The van der Waals surface area contributed by atoms with E-state index in [9.17, 15) is 8.42 Å². The van der Waals surface area contributed by atoms with Crippen molar-refractivity contribution >= 4 is 20.8 Å². The molecule has 0 spiro atoms. The summed E-state index contributed by atoms with van der Waals surface area (Å²) in [7, 11) is -8.91. The van der Waals surface area contributed by atoms with Crippen molar-refractivity contribution in [1.82, 2.24) is 0 Å². The molecular weight excluding hydrogens is 383 g/mol. The van der Waals surface area contributed by atoms with Crippen molar-refractivity contribution in [2.75, 3.05) is 6.61 Å². The van der Waals surface area contributed by atoms with Gasteiger partial charge >= 0.3 is 50.4 Å². The first-order chi connectivity index (χ1) is 11.1. The summed E-state index contributed by atoms with van der Waals surface area (Å²) in [6.45, 7) is 2.33. The van der Waals surface area contributed by atoms with Crippen LogP contribution in [0.25, 0.3) is 0 Å². The number of hydrogen-bond donors (Lipinski definition) is 3. The fourth-order valence-corrected chi connectivity index (χ4v) is 2.44. The smallest absolute Gasteiger partial charge is 1.00 e. The molecule has 0 saturated carbocycles. The van der Waals surface area contributed by atoms with Crippen LogP contribution in [0.2, 0.25) is 0 Å². The van der Waals surface area contributed by atoms with Crippen LogP contribution < -0.4 is 29.6 Å². The Morgan fingerprint density at radius 1 is 0.680 bits per heavy atom. The molecule has 0 radical (unpaired) electrons. The van der Waals surface area contributed by atoms with E-state index in [0.717, 1.165) is 12.8 Å².